The molecule has 420 valence electrons. The first-order chi connectivity index (χ1) is 37.6. The number of aliphatic carboxylic acids is 1. The number of hydrogen-bond donors (Lipinski definition) is 9. The number of carbonyl (C=O) groups excluding carboxylic acids is 8. The standard InChI is InChI=1S/C53H63F2N13O11/c1-29(2)46(65-51(76)37(18-21-42(72)73)63-39(69)9-5-4-6-23-67-40(70)19-20-41(67)71)52(77)64-36(8-7-22-59-53(58)78)50(75)62-34-16-10-30(11-17-34)26-79-28-68-38-25-33(55)24-35(48(57)74)43(38)45(56)44(49-60-27-61-66(49)3)47(68)31-12-14-32(54)15-13-31/h10-17,19-20,24-25,27,29,36-37,44,46-47,56H,4-9,18,21-23,26,28H2,1-3H3,(H2,57,74)(H,62,75)(H,63,69)(H,64,77)(H,65,76)(H,72,73)(H3,58,59,78)/t36?,37-,44-,46-,47+/m0/s1. The van der Waals surface area contributed by atoms with Crippen LogP contribution < -0.4 is 43.0 Å². The van der Waals surface area contributed by atoms with Crippen molar-refractivity contribution in [3.05, 3.63) is 119 Å². The van der Waals surface area contributed by atoms with E-state index in [1.54, 1.807) is 50.1 Å². The van der Waals surface area contributed by atoms with Gasteiger partial charge < -0.3 is 58.2 Å². The lowest BCUT2D eigenvalue weighted by Gasteiger charge is -2.44. The number of nitrogens with zero attached hydrogens (tertiary/aromatic N) is 5. The highest BCUT2D eigenvalue weighted by Gasteiger charge is 2.44. The number of primary amides is 2. The minimum Gasteiger partial charge on any atom is -0.481 e. The highest BCUT2D eigenvalue weighted by Crippen LogP contribution is 2.47. The number of carboxylic acid groups (broad SMARTS) is 1. The van der Waals surface area contributed by atoms with Crippen molar-refractivity contribution in [2.45, 2.75) is 102 Å². The first-order valence-electron chi connectivity index (χ1n) is 25.4. The lowest BCUT2D eigenvalue weighted by atomic mass is 9.78. The number of nitrogens with two attached hydrogens (primary N) is 2. The van der Waals surface area contributed by atoms with Crippen LogP contribution in [0.5, 0.6) is 0 Å². The number of unbranched alkanes of at least 4 members (excludes halogenated alkanes) is 2. The molecule has 0 radical (unpaired) electrons. The van der Waals surface area contributed by atoms with Crippen LogP contribution in [0.15, 0.2) is 79.1 Å². The van der Waals surface area contributed by atoms with Gasteiger partial charge in [-0.15, -0.1) is 0 Å². The highest BCUT2D eigenvalue weighted by molar-refractivity contribution is 6.16. The number of imide groups is 1. The molecule has 6 rings (SSSR count). The van der Waals surface area contributed by atoms with Gasteiger partial charge >= 0.3 is 12.0 Å². The van der Waals surface area contributed by atoms with Gasteiger partial charge in [0, 0.05) is 56.4 Å². The number of amides is 9. The van der Waals surface area contributed by atoms with Crippen LogP contribution in [0.2, 0.25) is 0 Å². The Bertz CT molecular complexity index is 2950. The zero-order valence-electron chi connectivity index (χ0n) is 43.6. The van der Waals surface area contributed by atoms with Crippen molar-refractivity contribution >= 4 is 70.4 Å². The van der Waals surface area contributed by atoms with E-state index in [2.05, 4.69) is 36.7 Å². The number of ether oxygens (including phenoxy) is 1. The van der Waals surface area contributed by atoms with E-state index >= 15 is 4.39 Å². The predicted octanol–water partition coefficient (Wildman–Crippen LogP) is 2.93. The molecular formula is C53H63F2N13O11. The van der Waals surface area contributed by atoms with Crippen molar-refractivity contribution < 1.29 is 61.8 Å². The third-order valence-corrected chi connectivity index (χ3v) is 13.2. The van der Waals surface area contributed by atoms with E-state index in [4.69, 9.17) is 16.2 Å². The fourth-order valence-corrected chi connectivity index (χ4v) is 9.18. The first-order valence-corrected chi connectivity index (χ1v) is 25.4. The Kier molecular flexibility index (Phi) is 20.6. The van der Waals surface area contributed by atoms with Gasteiger partial charge in [-0.05, 0) is 85.5 Å². The fourth-order valence-electron chi connectivity index (χ4n) is 9.18. The van der Waals surface area contributed by atoms with Gasteiger partial charge in [-0.25, -0.2) is 18.6 Å². The van der Waals surface area contributed by atoms with Crippen molar-refractivity contribution in [3.8, 4) is 0 Å². The van der Waals surface area contributed by atoms with E-state index in [0.717, 1.165) is 17.0 Å². The number of benzene rings is 3. The van der Waals surface area contributed by atoms with E-state index in [1.807, 2.05) is 0 Å². The van der Waals surface area contributed by atoms with Crippen LogP contribution in [-0.4, -0.2) is 122 Å². The van der Waals surface area contributed by atoms with Crippen LogP contribution in [0.4, 0.5) is 25.0 Å². The summed E-state index contributed by atoms with van der Waals surface area (Å²) in [6, 6.07) is 8.55. The van der Waals surface area contributed by atoms with Crippen LogP contribution in [0, 0.1) is 23.0 Å². The van der Waals surface area contributed by atoms with E-state index in [0.29, 0.717) is 41.9 Å². The summed E-state index contributed by atoms with van der Waals surface area (Å²) in [6.45, 7) is 3.16. The highest BCUT2D eigenvalue weighted by atomic mass is 19.1. The van der Waals surface area contributed by atoms with Gasteiger partial charge in [0.15, 0.2) is 0 Å². The Hall–Kier alpha value is -8.94. The number of halogens is 2. The number of urea groups is 1. The summed E-state index contributed by atoms with van der Waals surface area (Å²) < 4.78 is 37.3. The molecule has 2 aliphatic heterocycles. The summed E-state index contributed by atoms with van der Waals surface area (Å²) in [7, 11) is 1.63. The first kappa shape index (κ1) is 59.3. The van der Waals surface area contributed by atoms with E-state index in [9.17, 15) is 58.1 Å². The summed E-state index contributed by atoms with van der Waals surface area (Å²) in [6.07, 6.45) is 4.18. The van der Waals surface area contributed by atoms with Gasteiger partial charge in [0.2, 0.25) is 29.5 Å². The van der Waals surface area contributed by atoms with E-state index in [-0.39, 0.29) is 74.6 Å². The molecule has 4 aromatic rings. The molecule has 5 atom stereocenters. The molecule has 11 N–H and O–H groups in total. The Morgan fingerprint density at radius 1 is 0.810 bits per heavy atom. The number of fused-ring (bicyclic) bond motifs is 1. The molecule has 79 heavy (non-hydrogen) atoms. The van der Waals surface area contributed by atoms with Crippen LogP contribution >= 0.6 is 0 Å². The summed E-state index contributed by atoms with van der Waals surface area (Å²) in [4.78, 5) is 121. The van der Waals surface area contributed by atoms with E-state index in [1.165, 1.54) is 47.4 Å². The summed E-state index contributed by atoms with van der Waals surface area (Å²) in [5, 5.41) is 36.0. The van der Waals surface area contributed by atoms with Crippen molar-refractivity contribution in [2.75, 3.05) is 30.0 Å². The van der Waals surface area contributed by atoms with Gasteiger partial charge in [0.25, 0.3) is 11.8 Å². The maximum Gasteiger partial charge on any atom is 0.312 e. The molecule has 26 heteroatoms. The average Bonchev–Trinajstić information content (AvgIpc) is 4.12. The van der Waals surface area contributed by atoms with Crippen molar-refractivity contribution in [1.82, 2.24) is 40.9 Å². The number of aryl methyl sites for hydroxylation is 1. The van der Waals surface area contributed by atoms with Gasteiger partial charge in [-0.2, -0.15) is 5.10 Å². The zero-order chi connectivity index (χ0) is 57.5. The molecule has 9 amide bonds. The van der Waals surface area contributed by atoms with Crippen molar-refractivity contribution in [2.24, 2.45) is 24.4 Å². The smallest absolute Gasteiger partial charge is 0.312 e. The van der Waals surface area contributed by atoms with Crippen LogP contribution in [-0.2, 0) is 52.0 Å². The van der Waals surface area contributed by atoms with Crippen LogP contribution in [0.25, 0.3) is 0 Å². The van der Waals surface area contributed by atoms with Crippen LogP contribution in [0.1, 0.15) is 110 Å². The number of aromatic nitrogens is 3. The number of anilines is 2. The van der Waals surface area contributed by atoms with Crippen LogP contribution in [0.3, 0.4) is 0 Å². The predicted molar refractivity (Wildman–Crippen MR) is 280 cm³/mol. The number of nitrogens with one attached hydrogen (secondary N) is 6. The summed E-state index contributed by atoms with van der Waals surface area (Å²) >= 11 is 0. The molecule has 1 aromatic heterocycles. The second-order valence-electron chi connectivity index (χ2n) is 19.2. The van der Waals surface area contributed by atoms with Crippen molar-refractivity contribution in [1.29, 1.82) is 5.41 Å². The number of carboxylic acids is 1. The fraction of sp³-hybridized carbons (Fsp3) is 0.396. The largest absolute Gasteiger partial charge is 0.481 e. The molecular weight excluding hydrogens is 1030 g/mol. The molecule has 0 bridgehead atoms. The summed E-state index contributed by atoms with van der Waals surface area (Å²) in [5.41, 5.74) is 12.2. The molecule has 24 nitrogen and oxygen atoms in total. The number of hydrogen-bond acceptors (Lipinski definition) is 14. The van der Waals surface area contributed by atoms with Gasteiger partial charge in [0.05, 0.1) is 35.5 Å². The second-order valence-corrected chi connectivity index (χ2v) is 19.2. The maximum atomic E-state index is 15.3. The lowest BCUT2D eigenvalue weighted by Crippen LogP contribution is -2.57. The molecule has 0 saturated heterocycles. The third-order valence-electron chi connectivity index (χ3n) is 13.2. The molecule has 0 aliphatic carbocycles. The molecule has 0 spiro atoms. The Morgan fingerprint density at radius 3 is 2.11 bits per heavy atom. The minimum absolute atomic E-state index is 0.0122. The van der Waals surface area contributed by atoms with Gasteiger partial charge in [-0.3, -0.25) is 47.9 Å². The molecule has 1 unspecified atom stereocenters. The number of carbonyl (C=O) groups is 9. The molecule has 2 aliphatic rings. The second kappa shape index (κ2) is 27.4. The zero-order valence-corrected chi connectivity index (χ0v) is 43.6. The topological polar surface area (TPSA) is 356 Å². The molecule has 0 saturated carbocycles. The molecule has 3 aromatic carbocycles. The van der Waals surface area contributed by atoms with Crippen molar-refractivity contribution in [3.63, 3.8) is 0 Å². The van der Waals surface area contributed by atoms with Gasteiger partial charge in [-0.1, -0.05) is 44.5 Å². The Balaban J connectivity index is 1.12. The third kappa shape index (κ3) is 15.8. The maximum absolute atomic E-state index is 15.3. The molecule has 3 heterocycles. The lowest BCUT2D eigenvalue weighted by molar-refractivity contribution is -0.139. The average molecular weight is 1100 g/mol. The SMILES string of the molecule is CC(C)[C@H](NC(=O)[C@H](CCC(=O)O)NC(=O)CCCCCN1C(=O)C=CC1=O)C(=O)NC(CCCNC(N)=O)C(=O)Nc1ccc(COCN2c3cc(F)cc(C(N)=O)c3C(=N)[C@H](c3ncnn3C)[C@H]2c2ccc(F)cc2)cc1. The van der Waals surface area contributed by atoms with E-state index < -0.39 is 107 Å². The summed E-state index contributed by atoms with van der Waals surface area (Å²) in [5.74, 6) is -8.43. The monoisotopic (exact) mass is 1100 g/mol. The van der Waals surface area contributed by atoms with Gasteiger partial charge in [0.1, 0.15) is 48.6 Å². The molecule has 0 fully saturated rings. The Labute approximate surface area is 452 Å². The quantitative estimate of drug-likeness (QED) is 0.0292. The normalized spacial score (nSPS) is 16.0. The Morgan fingerprint density at radius 2 is 1.49 bits per heavy atom. The minimum atomic E-state index is -1.35. The number of rotatable bonds is 28.